The smallest absolute Gasteiger partial charge is 0.123 e. The molecule has 0 spiro atoms. The molecule has 2 rings (SSSR count). The zero-order valence-corrected chi connectivity index (χ0v) is 10.4. The molecule has 3 N–H and O–H groups in total. The summed E-state index contributed by atoms with van der Waals surface area (Å²) in [6.45, 7) is 0. The summed E-state index contributed by atoms with van der Waals surface area (Å²) >= 11 is 6.00. The minimum Gasteiger partial charge on any atom is -0.389 e. The molecule has 1 saturated carbocycles. The van der Waals surface area contributed by atoms with Crippen LogP contribution < -0.4 is 5.73 Å². The van der Waals surface area contributed by atoms with Crippen molar-refractivity contribution in [1.82, 2.24) is 0 Å². The zero-order chi connectivity index (χ0) is 12.5. The third-order valence-corrected chi connectivity index (χ3v) is 3.76. The van der Waals surface area contributed by atoms with E-state index in [1.54, 1.807) is 0 Å². The lowest BCUT2D eigenvalue weighted by Crippen LogP contribution is -2.42. The van der Waals surface area contributed by atoms with Crippen LogP contribution >= 0.6 is 11.6 Å². The van der Waals surface area contributed by atoms with Gasteiger partial charge in [-0.1, -0.05) is 11.6 Å². The lowest BCUT2D eigenvalue weighted by molar-refractivity contribution is -0.00193. The van der Waals surface area contributed by atoms with Crippen LogP contribution in [0.15, 0.2) is 18.2 Å². The number of benzene rings is 1. The van der Waals surface area contributed by atoms with Crippen LogP contribution in [0.2, 0.25) is 5.02 Å². The Kier molecular flexibility index (Phi) is 3.71. The van der Waals surface area contributed by atoms with E-state index in [0.717, 1.165) is 12.8 Å². The van der Waals surface area contributed by atoms with E-state index in [0.29, 0.717) is 29.8 Å². The number of nitrogens with two attached hydrogens (primary N) is 1. The second-order valence-electron chi connectivity index (χ2n) is 4.99. The molecule has 17 heavy (non-hydrogen) atoms. The zero-order valence-electron chi connectivity index (χ0n) is 9.63. The van der Waals surface area contributed by atoms with Crippen LogP contribution in [0.5, 0.6) is 0 Å². The fourth-order valence-electron chi connectivity index (χ4n) is 2.58. The predicted molar refractivity (Wildman–Crippen MR) is 66.5 cm³/mol. The number of rotatable bonds is 2. The fourth-order valence-corrected chi connectivity index (χ4v) is 2.76. The van der Waals surface area contributed by atoms with E-state index in [4.69, 9.17) is 17.3 Å². The Morgan fingerprint density at radius 1 is 1.53 bits per heavy atom. The molecule has 0 heterocycles. The van der Waals surface area contributed by atoms with E-state index in [2.05, 4.69) is 0 Å². The SMILES string of the molecule is NC1CCCC(O)(Cc2cc(F)ccc2Cl)C1. The van der Waals surface area contributed by atoms with Crippen molar-refractivity contribution in [2.75, 3.05) is 0 Å². The first kappa shape index (κ1) is 12.8. The summed E-state index contributed by atoms with van der Waals surface area (Å²) in [6.07, 6.45) is 3.48. The van der Waals surface area contributed by atoms with Crippen molar-refractivity contribution in [2.24, 2.45) is 5.73 Å². The van der Waals surface area contributed by atoms with Gasteiger partial charge in [-0.2, -0.15) is 0 Å². The van der Waals surface area contributed by atoms with E-state index in [1.165, 1.54) is 18.2 Å². The molecule has 1 aliphatic rings. The molecule has 0 aromatic heterocycles. The number of hydrogen-bond donors (Lipinski definition) is 2. The van der Waals surface area contributed by atoms with E-state index < -0.39 is 5.60 Å². The van der Waals surface area contributed by atoms with E-state index in [9.17, 15) is 9.50 Å². The molecule has 2 atom stereocenters. The highest BCUT2D eigenvalue weighted by atomic mass is 35.5. The highest BCUT2D eigenvalue weighted by Gasteiger charge is 2.33. The minimum atomic E-state index is -0.838. The van der Waals surface area contributed by atoms with Crippen LogP contribution in [0.1, 0.15) is 31.2 Å². The van der Waals surface area contributed by atoms with E-state index >= 15 is 0 Å². The monoisotopic (exact) mass is 257 g/mol. The Morgan fingerprint density at radius 3 is 3.00 bits per heavy atom. The Hall–Kier alpha value is -0.640. The van der Waals surface area contributed by atoms with Crippen molar-refractivity contribution >= 4 is 11.6 Å². The lowest BCUT2D eigenvalue weighted by atomic mass is 9.78. The third kappa shape index (κ3) is 3.18. The summed E-state index contributed by atoms with van der Waals surface area (Å²) in [7, 11) is 0. The molecular formula is C13H17ClFNO. The van der Waals surface area contributed by atoms with Gasteiger partial charge >= 0.3 is 0 Å². The standard InChI is InChI=1S/C13H17ClFNO/c14-12-4-3-10(15)6-9(12)7-13(17)5-1-2-11(16)8-13/h3-4,6,11,17H,1-2,5,7-8,16H2. The normalized spacial score (nSPS) is 29.3. The van der Waals surface area contributed by atoms with Gasteiger partial charge < -0.3 is 10.8 Å². The number of aliphatic hydroxyl groups is 1. The molecule has 2 nitrogen and oxygen atoms in total. The van der Waals surface area contributed by atoms with Gasteiger partial charge in [0.15, 0.2) is 0 Å². The van der Waals surface area contributed by atoms with Crippen molar-refractivity contribution in [2.45, 2.75) is 43.7 Å². The molecule has 94 valence electrons. The van der Waals surface area contributed by atoms with Crippen LogP contribution in [-0.4, -0.2) is 16.7 Å². The average Bonchev–Trinajstić information content (AvgIpc) is 2.22. The van der Waals surface area contributed by atoms with Gasteiger partial charge in [-0.25, -0.2) is 4.39 Å². The van der Waals surface area contributed by atoms with Crippen molar-refractivity contribution in [3.8, 4) is 0 Å². The summed E-state index contributed by atoms with van der Waals surface area (Å²) in [5.74, 6) is -0.326. The number of hydrogen-bond acceptors (Lipinski definition) is 2. The van der Waals surface area contributed by atoms with Gasteiger partial charge in [0.2, 0.25) is 0 Å². The first-order chi connectivity index (χ1) is 7.98. The van der Waals surface area contributed by atoms with Crippen molar-refractivity contribution in [3.05, 3.63) is 34.6 Å². The van der Waals surface area contributed by atoms with Crippen molar-refractivity contribution < 1.29 is 9.50 Å². The van der Waals surface area contributed by atoms with Gasteiger partial charge in [0.1, 0.15) is 5.82 Å². The molecule has 0 saturated heterocycles. The highest BCUT2D eigenvalue weighted by molar-refractivity contribution is 6.31. The molecule has 0 radical (unpaired) electrons. The second kappa shape index (κ2) is 4.92. The van der Waals surface area contributed by atoms with Crippen LogP contribution in [0.3, 0.4) is 0 Å². The maximum absolute atomic E-state index is 13.1. The van der Waals surface area contributed by atoms with Gasteiger partial charge in [-0.05, 0) is 49.4 Å². The van der Waals surface area contributed by atoms with Gasteiger partial charge in [0, 0.05) is 17.5 Å². The largest absolute Gasteiger partial charge is 0.389 e. The molecule has 1 aromatic carbocycles. The average molecular weight is 258 g/mol. The van der Waals surface area contributed by atoms with Crippen LogP contribution in [-0.2, 0) is 6.42 Å². The molecule has 0 aliphatic heterocycles. The molecule has 1 fully saturated rings. The Balaban J connectivity index is 2.16. The van der Waals surface area contributed by atoms with Gasteiger partial charge in [0.05, 0.1) is 5.60 Å². The highest BCUT2D eigenvalue weighted by Crippen LogP contribution is 2.32. The summed E-state index contributed by atoms with van der Waals surface area (Å²) in [4.78, 5) is 0. The molecule has 0 amide bonds. The fraction of sp³-hybridized carbons (Fsp3) is 0.538. The summed E-state index contributed by atoms with van der Waals surface area (Å²) in [5.41, 5.74) is 5.68. The van der Waals surface area contributed by atoms with Crippen molar-refractivity contribution in [3.63, 3.8) is 0 Å². The Labute approximate surface area is 106 Å². The second-order valence-corrected chi connectivity index (χ2v) is 5.40. The van der Waals surface area contributed by atoms with Gasteiger partial charge in [-0.15, -0.1) is 0 Å². The summed E-state index contributed by atoms with van der Waals surface area (Å²) in [6, 6.07) is 4.27. The van der Waals surface area contributed by atoms with Gasteiger partial charge in [0.25, 0.3) is 0 Å². The summed E-state index contributed by atoms with van der Waals surface area (Å²) < 4.78 is 13.1. The third-order valence-electron chi connectivity index (χ3n) is 3.39. The quantitative estimate of drug-likeness (QED) is 0.856. The van der Waals surface area contributed by atoms with Gasteiger partial charge in [-0.3, -0.25) is 0 Å². The summed E-state index contributed by atoms with van der Waals surface area (Å²) in [5, 5.41) is 10.9. The minimum absolute atomic E-state index is 0.0288. The van der Waals surface area contributed by atoms with Crippen LogP contribution in [0.25, 0.3) is 0 Å². The molecule has 2 unspecified atom stereocenters. The first-order valence-corrected chi connectivity index (χ1v) is 6.28. The van der Waals surface area contributed by atoms with Crippen molar-refractivity contribution in [1.29, 1.82) is 0 Å². The van der Waals surface area contributed by atoms with Crippen LogP contribution in [0.4, 0.5) is 4.39 Å². The molecule has 4 heteroatoms. The Bertz CT molecular complexity index is 412. The van der Waals surface area contributed by atoms with E-state index in [-0.39, 0.29) is 11.9 Å². The molecule has 1 aromatic rings. The van der Waals surface area contributed by atoms with Crippen LogP contribution in [0, 0.1) is 5.82 Å². The Morgan fingerprint density at radius 2 is 2.29 bits per heavy atom. The van der Waals surface area contributed by atoms with E-state index in [1.807, 2.05) is 0 Å². The molecular weight excluding hydrogens is 241 g/mol. The predicted octanol–water partition coefficient (Wildman–Crippen LogP) is 2.65. The first-order valence-electron chi connectivity index (χ1n) is 5.90. The topological polar surface area (TPSA) is 46.2 Å². The number of halogens is 2. The molecule has 0 bridgehead atoms. The molecule has 1 aliphatic carbocycles. The maximum Gasteiger partial charge on any atom is 0.123 e. The lowest BCUT2D eigenvalue weighted by Gasteiger charge is -2.35. The maximum atomic E-state index is 13.1.